The van der Waals surface area contributed by atoms with Gasteiger partial charge in [-0.2, -0.15) is 0 Å². The van der Waals surface area contributed by atoms with Crippen molar-refractivity contribution in [2.24, 2.45) is 0 Å². The Bertz CT molecular complexity index is 402. The minimum Gasteiger partial charge on any atom is -0.382 e. The van der Waals surface area contributed by atoms with Gasteiger partial charge in [-0.05, 0) is 37.6 Å². The molecule has 0 spiro atoms. The number of rotatable bonds is 9. The van der Waals surface area contributed by atoms with Gasteiger partial charge >= 0.3 is 0 Å². The van der Waals surface area contributed by atoms with Gasteiger partial charge in [0, 0.05) is 37.7 Å². The van der Waals surface area contributed by atoms with Crippen molar-refractivity contribution in [1.29, 1.82) is 0 Å². The summed E-state index contributed by atoms with van der Waals surface area (Å²) in [6, 6.07) is 4.12. The van der Waals surface area contributed by atoms with Crippen molar-refractivity contribution < 1.29 is 14.3 Å². The zero-order valence-corrected chi connectivity index (χ0v) is 13.6. The predicted molar refractivity (Wildman–Crippen MR) is 84.4 cm³/mol. The molecule has 1 aliphatic heterocycles. The number of carbonyl (C=O) groups excluding carboxylic acids is 1. The van der Waals surface area contributed by atoms with Crippen LogP contribution in [0, 0.1) is 0 Å². The summed E-state index contributed by atoms with van der Waals surface area (Å²) in [4.78, 5) is 15.6. The first-order valence-electron chi connectivity index (χ1n) is 7.79. The monoisotopic (exact) mass is 311 g/mol. The lowest BCUT2D eigenvalue weighted by Crippen LogP contribution is -2.36. The van der Waals surface area contributed by atoms with E-state index in [2.05, 4.69) is 11.4 Å². The van der Waals surface area contributed by atoms with E-state index in [9.17, 15) is 4.79 Å². The molecule has 0 aliphatic carbocycles. The molecule has 0 saturated carbocycles. The Balaban J connectivity index is 1.85. The molecular formula is C16H25NO3S. The van der Waals surface area contributed by atoms with Crippen LogP contribution in [0.5, 0.6) is 0 Å². The molecule has 2 rings (SSSR count). The van der Waals surface area contributed by atoms with Gasteiger partial charge in [-0.3, -0.25) is 4.79 Å². The van der Waals surface area contributed by atoms with Gasteiger partial charge in [0.15, 0.2) is 0 Å². The maximum atomic E-state index is 12.4. The fraction of sp³-hybridized carbons (Fsp3) is 0.688. The maximum absolute atomic E-state index is 12.4. The van der Waals surface area contributed by atoms with E-state index in [0.717, 1.165) is 25.9 Å². The minimum atomic E-state index is 0.207. The van der Waals surface area contributed by atoms with Gasteiger partial charge in [-0.15, -0.1) is 11.3 Å². The molecule has 0 aromatic carbocycles. The Morgan fingerprint density at radius 2 is 2.48 bits per heavy atom. The number of ether oxygens (including phenoxy) is 2. The summed E-state index contributed by atoms with van der Waals surface area (Å²) in [6.45, 7) is 5.59. The number of amides is 1. The number of carbonyl (C=O) groups is 1. The molecule has 1 aliphatic rings. The van der Waals surface area contributed by atoms with Crippen molar-refractivity contribution in [2.75, 3.05) is 26.4 Å². The first-order valence-corrected chi connectivity index (χ1v) is 8.67. The smallest absolute Gasteiger partial charge is 0.223 e. The van der Waals surface area contributed by atoms with E-state index >= 15 is 0 Å². The molecule has 1 aromatic rings. The zero-order chi connectivity index (χ0) is 14.9. The van der Waals surface area contributed by atoms with Crippen LogP contribution in [0.3, 0.4) is 0 Å². The maximum Gasteiger partial charge on any atom is 0.223 e. The summed E-state index contributed by atoms with van der Waals surface area (Å²) in [7, 11) is 0. The molecule has 1 amide bonds. The Kier molecular flexibility index (Phi) is 7.19. The van der Waals surface area contributed by atoms with Crippen molar-refractivity contribution >= 4 is 17.2 Å². The lowest BCUT2D eigenvalue weighted by atomic mass is 10.2. The highest BCUT2D eigenvalue weighted by Gasteiger charge is 2.22. The molecule has 4 nitrogen and oxygen atoms in total. The minimum absolute atomic E-state index is 0.207. The highest BCUT2D eigenvalue weighted by Crippen LogP contribution is 2.18. The van der Waals surface area contributed by atoms with Crippen LogP contribution in [0.2, 0.25) is 0 Å². The molecule has 0 bridgehead atoms. The average Bonchev–Trinajstić information content (AvgIpc) is 3.16. The standard InChI is InChI=1S/C16H25NO3S/c1-2-19-9-4-8-16(18)17(12-14-6-3-10-20-14)13-15-7-5-11-21-15/h5,7,11,14H,2-4,6,8-10,12-13H2,1H3. The Morgan fingerprint density at radius 3 is 3.14 bits per heavy atom. The zero-order valence-electron chi connectivity index (χ0n) is 12.8. The Morgan fingerprint density at radius 1 is 1.57 bits per heavy atom. The van der Waals surface area contributed by atoms with E-state index < -0.39 is 0 Å². The molecule has 1 fully saturated rings. The van der Waals surface area contributed by atoms with Gasteiger partial charge < -0.3 is 14.4 Å². The van der Waals surface area contributed by atoms with Crippen molar-refractivity contribution in [3.05, 3.63) is 22.4 Å². The molecule has 0 radical (unpaired) electrons. The summed E-state index contributed by atoms with van der Waals surface area (Å²) in [5.74, 6) is 0.207. The molecule has 1 aromatic heterocycles. The second kappa shape index (κ2) is 9.18. The summed E-state index contributed by atoms with van der Waals surface area (Å²) in [6.07, 6.45) is 3.72. The molecule has 1 unspecified atom stereocenters. The van der Waals surface area contributed by atoms with Gasteiger partial charge in [-0.25, -0.2) is 0 Å². The van der Waals surface area contributed by atoms with Crippen molar-refractivity contribution in [3.8, 4) is 0 Å². The van der Waals surface area contributed by atoms with Gasteiger partial charge in [-0.1, -0.05) is 6.07 Å². The van der Waals surface area contributed by atoms with E-state index in [1.54, 1.807) is 11.3 Å². The van der Waals surface area contributed by atoms with Gasteiger partial charge in [0.1, 0.15) is 0 Å². The summed E-state index contributed by atoms with van der Waals surface area (Å²) >= 11 is 1.70. The summed E-state index contributed by atoms with van der Waals surface area (Å²) < 4.78 is 11.0. The van der Waals surface area contributed by atoms with E-state index in [0.29, 0.717) is 32.7 Å². The third kappa shape index (κ3) is 5.77. The van der Waals surface area contributed by atoms with Crippen molar-refractivity contribution in [2.45, 2.75) is 45.3 Å². The molecule has 5 heteroatoms. The van der Waals surface area contributed by atoms with Crippen LogP contribution in [-0.2, 0) is 20.8 Å². The SMILES string of the molecule is CCOCCCC(=O)N(Cc1cccs1)CC1CCCO1. The fourth-order valence-corrected chi connectivity index (χ4v) is 3.23. The first kappa shape index (κ1) is 16.5. The second-order valence-corrected chi connectivity index (χ2v) is 6.32. The van der Waals surface area contributed by atoms with Gasteiger partial charge in [0.05, 0.1) is 12.6 Å². The lowest BCUT2D eigenvalue weighted by molar-refractivity contribution is -0.133. The number of nitrogens with zero attached hydrogens (tertiary/aromatic N) is 1. The topological polar surface area (TPSA) is 38.8 Å². The highest BCUT2D eigenvalue weighted by molar-refractivity contribution is 7.09. The van der Waals surface area contributed by atoms with Gasteiger partial charge in [0.2, 0.25) is 5.91 Å². The molecule has 118 valence electrons. The summed E-state index contributed by atoms with van der Waals surface area (Å²) in [5.41, 5.74) is 0. The van der Waals surface area contributed by atoms with Crippen LogP contribution < -0.4 is 0 Å². The van der Waals surface area contributed by atoms with Crippen LogP contribution in [-0.4, -0.2) is 43.3 Å². The average molecular weight is 311 g/mol. The van der Waals surface area contributed by atoms with Crippen molar-refractivity contribution in [1.82, 2.24) is 4.90 Å². The number of hydrogen-bond acceptors (Lipinski definition) is 4. The molecule has 1 saturated heterocycles. The molecule has 2 heterocycles. The van der Waals surface area contributed by atoms with Crippen LogP contribution in [0.4, 0.5) is 0 Å². The first-order chi connectivity index (χ1) is 10.3. The molecular weight excluding hydrogens is 286 g/mol. The third-order valence-electron chi connectivity index (χ3n) is 3.61. The fourth-order valence-electron chi connectivity index (χ4n) is 2.51. The van der Waals surface area contributed by atoms with E-state index in [4.69, 9.17) is 9.47 Å². The Labute approximate surface area is 131 Å². The summed E-state index contributed by atoms with van der Waals surface area (Å²) in [5, 5.41) is 2.05. The van der Waals surface area contributed by atoms with E-state index in [1.807, 2.05) is 17.9 Å². The van der Waals surface area contributed by atoms with Crippen LogP contribution in [0.1, 0.15) is 37.5 Å². The predicted octanol–water partition coefficient (Wildman–Crippen LogP) is 3.07. The normalized spacial score (nSPS) is 18.0. The second-order valence-electron chi connectivity index (χ2n) is 5.29. The molecule has 1 atom stereocenters. The molecule has 0 N–H and O–H groups in total. The largest absolute Gasteiger partial charge is 0.382 e. The third-order valence-corrected chi connectivity index (χ3v) is 4.47. The number of thiophene rings is 1. The van der Waals surface area contributed by atoms with Crippen LogP contribution in [0.15, 0.2) is 17.5 Å². The lowest BCUT2D eigenvalue weighted by Gasteiger charge is -2.25. The molecule has 21 heavy (non-hydrogen) atoms. The van der Waals surface area contributed by atoms with Crippen LogP contribution in [0.25, 0.3) is 0 Å². The Hall–Kier alpha value is -0.910. The van der Waals surface area contributed by atoms with E-state index in [-0.39, 0.29) is 12.0 Å². The highest BCUT2D eigenvalue weighted by atomic mass is 32.1. The van der Waals surface area contributed by atoms with Gasteiger partial charge in [0.25, 0.3) is 0 Å². The van der Waals surface area contributed by atoms with Crippen LogP contribution >= 0.6 is 11.3 Å². The quantitative estimate of drug-likeness (QED) is 0.658. The van der Waals surface area contributed by atoms with E-state index in [1.165, 1.54) is 4.88 Å². The van der Waals surface area contributed by atoms with Crippen molar-refractivity contribution in [3.63, 3.8) is 0 Å². The number of hydrogen-bond donors (Lipinski definition) is 0.